The van der Waals surface area contributed by atoms with Crippen LogP contribution in [0.15, 0.2) is 40.9 Å². The SMILES string of the molecule is O=C(N[C@H]1CN2CC[C@H]1C2)c1ncc(-c2ccccc2)o1. The van der Waals surface area contributed by atoms with Gasteiger partial charge in [-0.25, -0.2) is 4.98 Å². The molecule has 3 atom stereocenters. The highest BCUT2D eigenvalue weighted by atomic mass is 16.4. The van der Waals surface area contributed by atoms with Gasteiger partial charge in [0.1, 0.15) is 0 Å². The third-order valence-electron chi connectivity index (χ3n) is 4.41. The lowest BCUT2D eigenvalue weighted by Gasteiger charge is -2.22. The molecule has 2 aliphatic rings. The summed E-state index contributed by atoms with van der Waals surface area (Å²) in [6.45, 7) is 3.21. The Kier molecular flexibility index (Phi) is 3.00. The molecule has 0 saturated carbocycles. The third kappa shape index (κ3) is 2.34. The standard InChI is InChI=1S/C16H17N3O2/c20-15(18-13-10-19-7-6-12(13)9-19)16-17-8-14(21-16)11-4-2-1-3-5-11/h1-5,8,12-13H,6-7,9-10H2,(H,18,20)/t12-,13-/m0/s1. The Hall–Kier alpha value is -2.14. The number of nitrogens with one attached hydrogen (secondary N) is 1. The van der Waals surface area contributed by atoms with Crippen molar-refractivity contribution in [1.82, 2.24) is 15.2 Å². The second-order valence-electron chi connectivity index (χ2n) is 5.78. The minimum absolute atomic E-state index is 0.145. The van der Waals surface area contributed by atoms with E-state index < -0.39 is 0 Å². The zero-order valence-electron chi connectivity index (χ0n) is 11.7. The zero-order chi connectivity index (χ0) is 14.2. The molecule has 2 bridgehead atoms. The smallest absolute Gasteiger partial charge is 0.307 e. The molecule has 0 aliphatic carbocycles. The van der Waals surface area contributed by atoms with Crippen LogP contribution in [0.3, 0.4) is 0 Å². The summed E-state index contributed by atoms with van der Waals surface area (Å²) in [7, 11) is 0. The third-order valence-corrected chi connectivity index (χ3v) is 4.41. The lowest BCUT2D eigenvalue weighted by molar-refractivity contribution is 0.0890. The van der Waals surface area contributed by atoms with E-state index in [4.69, 9.17) is 4.42 Å². The van der Waals surface area contributed by atoms with Crippen molar-refractivity contribution >= 4 is 5.91 Å². The molecule has 3 heterocycles. The number of piperidine rings is 1. The van der Waals surface area contributed by atoms with Crippen molar-refractivity contribution in [2.45, 2.75) is 12.5 Å². The van der Waals surface area contributed by atoms with Gasteiger partial charge in [0, 0.05) is 24.7 Å². The van der Waals surface area contributed by atoms with Gasteiger partial charge in [-0.1, -0.05) is 30.3 Å². The Bertz CT molecular complexity index is 653. The summed E-state index contributed by atoms with van der Waals surface area (Å²) in [5.74, 6) is 1.14. The first-order valence-corrected chi connectivity index (χ1v) is 7.34. The fourth-order valence-corrected chi connectivity index (χ4v) is 3.29. The van der Waals surface area contributed by atoms with E-state index >= 15 is 0 Å². The summed E-state index contributed by atoms with van der Waals surface area (Å²) in [6.07, 6.45) is 2.78. The number of amides is 1. The average molecular weight is 283 g/mol. The molecule has 5 nitrogen and oxygen atoms in total. The maximum Gasteiger partial charge on any atom is 0.307 e. The van der Waals surface area contributed by atoms with Crippen LogP contribution in [0.2, 0.25) is 0 Å². The van der Waals surface area contributed by atoms with Crippen molar-refractivity contribution in [2.24, 2.45) is 5.92 Å². The van der Waals surface area contributed by atoms with Crippen LogP contribution in [0.25, 0.3) is 11.3 Å². The number of oxazole rings is 1. The number of benzene rings is 1. The monoisotopic (exact) mass is 283 g/mol. The molecule has 5 heteroatoms. The summed E-state index contributed by atoms with van der Waals surface area (Å²) in [6, 6.07) is 9.91. The molecule has 1 aromatic carbocycles. The van der Waals surface area contributed by atoms with Crippen LogP contribution in [-0.4, -0.2) is 41.5 Å². The van der Waals surface area contributed by atoms with Gasteiger partial charge in [-0.3, -0.25) is 4.79 Å². The molecular weight excluding hydrogens is 266 g/mol. The Morgan fingerprint density at radius 2 is 2.14 bits per heavy atom. The van der Waals surface area contributed by atoms with E-state index in [1.165, 1.54) is 6.42 Å². The summed E-state index contributed by atoms with van der Waals surface area (Å²) in [5, 5.41) is 3.05. The number of aromatic nitrogens is 1. The van der Waals surface area contributed by atoms with Crippen LogP contribution < -0.4 is 5.32 Å². The van der Waals surface area contributed by atoms with E-state index in [0.717, 1.165) is 25.2 Å². The van der Waals surface area contributed by atoms with Gasteiger partial charge in [0.05, 0.1) is 6.20 Å². The van der Waals surface area contributed by atoms with E-state index in [1.54, 1.807) is 6.20 Å². The Morgan fingerprint density at radius 1 is 1.29 bits per heavy atom. The molecule has 1 amide bonds. The van der Waals surface area contributed by atoms with E-state index in [9.17, 15) is 4.79 Å². The zero-order valence-corrected chi connectivity index (χ0v) is 11.7. The Balaban J connectivity index is 1.47. The van der Waals surface area contributed by atoms with Crippen LogP contribution in [0.4, 0.5) is 0 Å². The van der Waals surface area contributed by atoms with Crippen LogP contribution in [0.5, 0.6) is 0 Å². The molecule has 108 valence electrons. The largest absolute Gasteiger partial charge is 0.432 e. The maximum atomic E-state index is 12.2. The predicted molar refractivity (Wildman–Crippen MR) is 77.7 cm³/mol. The van der Waals surface area contributed by atoms with E-state index in [-0.39, 0.29) is 17.8 Å². The minimum atomic E-state index is -0.212. The molecule has 1 aromatic heterocycles. The van der Waals surface area contributed by atoms with Crippen LogP contribution in [0, 0.1) is 5.92 Å². The first-order valence-electron chi connectivity index (χ1n) is 7.34. The fraction of sp³-hybridized carbons (Fsp3) is 0.375. The lowest BCUT2D eigenvalue weighted by Crippen LogP contribution is -2.43. The van der Waals surface area contributed by atoms with Gasteiger partial charge in [-0.2, -0.15) is 0 Å². The van der Waals surface area contributed by atoms with Gasteiger partial charge in [0.15, 0.2) is 5.76 Å². The Labute approximate surface area is 123 Å². The van der Waals surface area contributed by atoms with Gasteiger partial charge in [0.2, 0.25) is 0 Å². The normalized spacial score (nSPS) is 27.0. The molecule has 4 rings (SSSR count). The topological polar surface area (TPSA) is 58.4 Å². The molecule has 2 fully saturated rings. The van der Waals surface area contributed by atoms with Gasteiger partial charge < -0.3 is 14.6 Å². The van der Waals surface area contributed by atoms with Crippen LogP contribution in [-0.2, 0) is 0 Å². The quantitative estimate of drug-likeness (QED) is 0.932. The van der Waals surface area contributed by atoms with Gasteiger partial charge in [0.25, 0.3) is 5.89 Å². The number of hydrogen-bond donors (Lipinski definition) is 1. The number of rotatable bonds is 3. The lowest BCUT2D eigenvalue weighted by atomic mass is 10.0. The number of nitrogens with zero attached hydrogens (tertiary/aromatic N) is 2. The summed E-state index contributed by atoms with van der Waals surface area (Å²) in [4.78, 5) is 18.7. The highest BCUT2D eigenvalue weighted by Gasteiger charge is 2.39. The molecular formula is C16H17N3O2. The maximum absolute atomic E-state index is 12.2. The summed E-state index contributed by atoms with van der Waals surface area (Å²) in [5.41, 5.74) is 0.926. The number of hydrogen-bond acceptors (Lipinski definition) is 4. The summed E-state index contributed by atoms with van der Waals surface area (Å²) >= 11 is 0. The first kappa shape index (κ1) is 12.6. The van der Waals surface area contributed by atoms with E-state index in [0.29, 0.717) is 11.7 Å². The molecule has 1 unspecified atom stereocenters. The van der Waals surface area contributed by atoms with Crippen molar-refractivity contribution < 1.29 is 9.21 Å². The van der Waals surface area contributed by atoms with E-state index in [1.807, 2.05) is 30.3 Å². The minimum Gasteiger partial charge on any atom is -0.432 e. The van der Waals surface area contributed by atoms with Crippen LogP contribution >= 0.6 is 0 Å². The van der Waals surface area contributed by atoms with Crippen molar-refractivity contribution in [1.29, 1.82) is 0 Å². The number of carbonyl (C=O) groups is 1. The van der Waals surface area contributed by atoms with Gasteiger partial charge in [-0.05, 0) is 18.9 Å². The molecule has 0 radical (unpaired) electrons. The van der Waals surface area contributed by atoms with Crippen molar-refractivity contribution in [3.63, 3.8) is 0 Å². The molecule has 1 N–H and O–H groups in total. The van der Waals surface area contributed by atoms with Crippen LogP contribution in [0.1, 0.15) is 17.1 Å². The molecule has 2 aromatic rings. The van der Waals surface area contributed by atoms with Gasteiger partial charge >= 0.3 is 5.91 Å². The number of carbonyl (C=O) groups excluding carboxylic acids is 1. The first-order chi connectivity index (χ1) is 10.3. The van der Waals surface area contributed by atoms with E-state index in [2.05, 4.69) is 15.2 Å². The molecule has 0 spiro atoms. The molecule has 21 heavy (non-hydrogen) atoms. The molecule has 2 aliphatic heterocycles. The van der Waals surface area contributed by atoms with Crippen molar-refractivity contribution in [3.05, 3.63) is 42.4 Å². The highest BCUT2D eigenvalue weighted by molar-refractivity contribution is 5.90. The second-order valence-corrected chi connectivity index (χ2v) is 5.78. The number of fused-ring (bicyclic) bond motifs is 2. The fourth-order valence-electron chi connectivity index (χ4n) is 3.29. The van der Waals surface area contributed by atoms with Crippen molar-refractivity contribution in [3.8, 4) is 11.3 Å². The summed E-state index contributed by atoms with van der Waals surface area (Å²) < 4.78 is 5.59. The van der Waals surface area contributed by atoms with Gasteiger partial charge in [-0.15, -0.1) is 0 Å². The molecule has 2 saturated heterocycles. The average Bonchev–Trinajstić information content (AvgIpc) is 3.24. The second kappa shape index (κ2) is 5.00. The highest BCUT2D eigenvalue weighted by Crippen LogP contribution is 2.28. The van der Waals surface area contributed by atoms with Crippen molar-refractivity contribution in [2.75, 3.05) is 19.6 Å². The Morgan fingerprint density at radius 3 is 2.86 bits per heavy atom. The predicted octanol–water partition coefficient (Wildman–Crippen LogP) is 1.78.